The van der Waals surface area contributed by atoms with Crippen molar-refractivity contribution >= 4 is 47.5 Å². The van der Waals surface area contributed by atoms with E-state index in [0.29, 0.717) is 0 Å². The molecular formula is C15H22N2O10S. The molecular weight excluding hydrogens is 400 g/mol. The Hall–Kier alpha value is -2.83. The predicted octanol–water partition coefficient (Wildman–Crippen LogP) is -1.32. The molecule has 0 aromatic rings. The fourth-order valence-corrected chi connectivity index (χ4v) is 3.00. The van der Waals surface area contributed by atoms with Crippen LogP contribution in [0.15, 0.2) is 0 Å². The summed E-state index contributed by atoms with van der Waals surface area (Å²) in [7, 11) is 1.07. The lowest BCUT2D eigenvalue weighted by atomic mass is 10.2. The van der Waals surface area contributed by atoms with Crippen LogP contribution in [-0.4, -0.2) is 81.7 Å². The fraction of sp³-hybridized carbons (Fsp3) is 0.600. The number of carbonyl (C=O) groups is 6. The normalized spacial score (nSPS) is 12.3. The second-order valence-electron chi connectivity index (χ2n) is 5.42. The maximum absolute atomic E-state index is 12.1. The molecule has 0 aliphatic heterocycles. The number of methoxy groups -OCH3 is 1. The minimum atomic E-state index is -1.31. The molecule has 2 amide bonds. The molecule has 0 spiro atoms. The molecule has 5 N–H and O–H groups in total. The van der Waals surface area contributed by atoms with E-state index >= 15 is 0 Å². The van der Waals surface area contributed by atoms with Gasteiger partial charge in [-0.15, -0.1) is 11.8 Å². The largest absolute Gasteiger partial charge is 0.481 e. The van der Waals surface area contributed by atoms with Crippen molar-refractivity contribution in [2.24, 2.45) is 0 Å². The van der Waals surface area contributed by atoms with Crippen molar-refractivity contribution in [3.8, 4) is 0 Å². The van der Waals surface area contributed by atoms with Crippen molar-refractivity contribution in [3.05, 3.63) is 0 Å². The van der Waals surface area contributed by atoms with E-state index in [2.05, 4.69) is 15.4 Å². The van der Waals surface area contributed by atoms with Gasteiger partial charge in [0.2, 0.25) is 11.8 Å². The molecule has 0 aromatic carbocycles. The molecule has 0 saturated carbocycles. The SMILES string of the molecule is COC(=O)C(CC(=O)O)SCC(NC(=O)CCCC(=O)O)C(=O)NCC(=O)O. The highest BCUT2D eigenvalue weighted by Gasteiger charge is 2.28. The smallest absolute Gasteiger partial charge is 0.322 e. The summed E-state index contributed by atoms with van der Waals surface area (Å²) >= 11 is 0.751. The monoisotopic (exact) mass is 422 g/mol. The molecule has 2 unspecified atom stereocenters. The van der Waals surface area contributed by atoms with Crippen molar-refractivity contribution in [3.63, 3.8) is 0 Å². The van der Waals surface area contributed by atoms with Gasteiger partial charge in [0.05, 0.1) is 13.5 Å². The van der Waals surface area contributed by atoms with E-state index in [-0.39, 0.29) is 25.0 Å². The lowest BCUT2D eigenvalue weighted by molar-refractivity contribution is -0.144. The van der Waals surface area contributed by atoms with Gasteiger partial charge in [0, 0.05) is 18.6 Å². The molecule has 0 aliphatic rings. The number of ether oxygens (including phenoxy) is 1. The van der Waals surface area contributed by atoms with Crippen molar-refractivity contribution in [2.75, 3.05) is 19.4 Å². The zero-order valence-corrected chi connectivity index (χ0v) is 15.8. The van der Waals surface area contributed by atoms with Gasteiger partial charge in [-0.2, -0.15) is 0 Å². The summed E-state index contributed by atoms with van der Waals surface area (Å²) in [4.78, 5) is 67.6. The lowest BCUT2D eigenvalue weighted by Gasteiger charge is -2.20. The van der Waals surface area contributed by atoms with E-state index in [9.17, 15) is 28.8 Å². The van der Waals surface area contributed by atoms with Crippen LogP contribution < -0.4 is 10.6 Å². The Kier molecular flexibility index (Phi) is 12.0. The number of nitrogens with one attached hydrogen (secondary N) is 2. The number of aliphatic carboxylic acids is 3. The van der Waals surface area contributed by atoms with Gasteiger partial charge in [-0.05, 0) is 6.42 Å². The summed E-state index contributed by atoms with van der Waals surface area (Å²) in [6.45, 7) is -0.704. The van der Waals surface area contributed by atoms with Gasteiger partial charge in [0.25, 0.3) is 0 Å². The Labute approximate surface area is 164 Å². The van der Waals surface area contributed by atoms with Crippen LogP contribution in [0.25, 0.3) is 0 Å². The van der Waals surface area contributed by atoms with Gasteiger partial charge in [-0.25, -0.2) is 0 Å². The van der Waals surface area contributed by atoms with Crippen LogP contribution in [-0.2, 0) is 33.5 Å². The lowest BCUT2D eigenvalue weighted by Crippen LogP contribution is -2.49. The van der Waals surface area contributed by atoms with Crippen molar-refractivity contribution < 1.29 is 48.8 Å². The number of amides is 2. The first-order chi connectivity index (χ1) is 13.1. The number of esters is 1. The number of rotatable bonds is 14. The highest BCUT2D eigenvalue weighted by atomic mass is 32.2. The fourth-order valence-electron chi connectivity index (χ4n) is 1.85. The van der Waals surface area contributed by atoms with Gasteiger partial charge in [0.1, 0.15) is 17.8 Å². The van der Waals surface area contributed by atoms with Crippen LogP contribution in [0.5, 0.6) is 0 Å². The van der Waals surface area contributed by atoms with Crippen molar-refractivity contribution in [2.45, 2.75) is 37.0 Å². The number of thioether (sulfide) groups is 1. The van der Waals surface area contributed by atoms with Gasteiger partial charge in [-0.3, -0.25) is 28.8 Å². The Balaban J connectivity index is 4.99. The molecule has 0 aromatic heterocycles. The molecule has 0 rings (SSSR count). The zero-order valence-electron chi connectivity index (χ0n) is 15.0. The van der Waals surface area contributed by atoms with E-state index < -0.39 is 59.9 Å². The summed E-state index contributed by atoms with van der Waals surface area (Å²) < 4.78 is 4.50. The molecule has 28 heavy (non-hydrogen) atoms. The van der Waals surface area contributed by atoms with E-state index in [1.54, 1.807) is 0 Å². The topological polar surface area (TPSA) is 196 Å². The van der Waals surface area contributed by atoms with E-state index in [4.69, 9.17) is 15.3 Å². The van der Waals surface area contributed by atoms with Crippen LogP contribution >= 0.6 is 11.8 Å². The Morgan fingerprint density at radius 2 is 1.61 bits per heavy atom. The summed E-state index contributed by atoms with van der Waals surface area (Å²) in [6.07, 6.45) is -0.981. The summed E-state index contributed by atoms with van der Waals surface area (Å²) in [5, 5.41) is 29.3. The van der Waals surface area contributed by atoms with Gasteiger partial charge in [-0.1, -0.05) is 0 Å². The standard InChI is InChI=1S/C15H22N2O10S/c1-27-15(26)9(5-12(21)22)28-7-8(14(25)16-6-13(23)24)17-10(18)3-2-4-11(19)20/h8-9H,2-7H2,1H3,(H,16,25)(H,17,18)(H,19,20)(H,21,22)(H,23,24). The Bertz CT molecular complexity index is 610. The Morgan fingerprint density at radius 1 is 0.964 bits per heavy atom. The predicted molar refractivity (Wildman–Crippen MR) is 94.6 cm³/mol. The van der Waals surface area contributed by atoms with E-state index in [1.165, 1.54) is 0 Å². The maximum Gasteiger partial charge on any atom is 0.322 e. The number of hydrogen-bond acceptors (Lipinski definition) is 8. The molecule has 0 fully saturated rings. The first kappa shape index (κ1) is 25.2. The number of carboxylic acid groups (broad SMARTS) is 3. The minimum Gasteiger partial charge on any atom is -0.481 e. The maximum atomic E-state index is 12.1. The van der Waals surface area contributed by atoms with Crippen LogP contribution in [0.2, 0.25) is 0 Å². The molecule has 0 heterocycles. The van der Waals surface area contributed by atoms with Crippen LogP contribution in [0.4, 0.5) is 0 Å². The highest BCUT2D eigenvalue weighted by Crippen LogP contribution is 2.18. The van der Waals surface area contributed by atoms with Crippen LogP contribution in [0, 0.1) is 0 Å². The third-order valence-corrected chi connectivity index (χ3v) is 4.44. The highest BCUT2D eigenvalue weighted by molar-refractivity contribution is 8.00. The summed E-state index contributed by atoms with van der Waals surface area (Å²) in [5.41, 5.74) is 0. The van der Waals surface area contributed by atoms with Crippen LogP contribution in [0.3, 0.4) is 0 Å². The third-order valence-electron chi connectivity index (χ3n) is 3.15. The second-order valence-corrected chi connectivity index (χ2v) is 6.66. The Morgan fingerprint density at radius 3 is 2.11 bits per heavy atom. The first-order valence-corrected chi connectivity index (χ1v) is 9.03. The molecule has 0 aliphatic carbocycles. The average molecular weight is 422 g/mol. The first-order valence-electron chi connectivity index (χ1n) is 7.98. The molecule has 0 radical (unpaired) electrons. The molecule has 158 valence electrons. The number of hydrogen-bond donors (Lipinski definition) is 5. The van der Waals surface area contributed by atoms with Gasteiger partial charge >= 0.3 is 23.9 Å². The second kappa shape index (κ2) is 13.4. The van der Waals surface area contributed by atoms with Gasteiger partial charge < -0.3 is 30.7 Å². The summed E-state index contributed by atoms with van der Waals surface area (Å²) in [5.74, 6) is -6.23. The molecule has 13 heteroatoms. The molecule has 0 saturated heterocycles. The average Bonchev–Trinajstić information content (AvgIpc) is 2.60. The van der Waals surface area contributed by atoms with Crippen molar-refractivity contribution in [1.82, 2.24) is 10.6 Å². The molecule has 0 bridgehead atoms. The van der Waals surface area contributed by atoms with Crippen molar-refractivity contribution in [1.29, 1.82) is 0 Å². The summed E-state index contributed by atoms with van der Waals surface area (Å²) in [6, 6.07) is -1.26. The zero-order chi connectivity index (χ0) is 21.7. The third kappa shape index (κ3) is 11.7. The number of carboxylic acids is 3. The quantitative estimate of drug-likeness (QED) is 0.208. The van der Waals surface area contributed by atoms with Gasteiger partial charge in [0.15, 0.2) is 0 Å². The van der Waals surface area contributed by atoms with E-state index in [0.717, 1.165) is 18.9 Å². The molecule has 2 atom stereocenters. The molecule has 12 nitrogen and oxygen atoms in total. The minimum absolute atomic E-state index is 0.0293. The van der Waals surface area contributed by atoms with E-state index in [1.807, 2.05) is 0 Å². The number of carbonyl (C=O) groups excluding carboxylic acids is 3. The van der Waals surface area contributed by atoms with Crippen LogP contribution in [0.1, 0.15) is 25.7 Å².